The van der Waals surface area contributed by atoms with Gasteiger partial charge in [-0.3, -0.25) is 0 Å². The predicted molar refractivity (Wildman–Crippen MR) is 82.9 cm³/mol. The van der Waals surface area contributed by atoms with Crippen LogP contribution in [-0.4, -0.2) is 27.3 Å². The Bertz CT molecular complexity index is 437. The lowest BCUT2D eigenvalue weighted by atomic mass is 9.85. The number of methoxy groups -OCH3 is 2. The molecule has 0 aromatic heterocycles. The summed E-state index contributed by atoms with van der Waals surface area (Å²) in [4.78, 5) is 0. The van der Waals surface area contributed by atoms with Crippen LogP contribution >= 0.6 is 0 Å². The van der Waals surface area contributed by atoms with E-state index >= 15 is 0 Å². The summed E-state index contributed by atoms with van der Waals surface area (Å²) in [6.45, 7) is 6.72. The van der Waals surface area contributed by atoms with Crippen LogP contribution in [0.1, 0.15) is 43.7 Å². The Morgan fingerprint density at radius 1 is 1.10 bits per heavy atom. The van der Waals surface area contributed by atoms with Gasteiger partial charge < -0.3 is 14.8 Å². The van der Waals surface area contributed by atoms with Gasteiger partial charge in [0.15, 0.2) is 0 Å². The Morgan fingerprint density at radius 2 is 1.70 bits per heavy atom. The van der Waals surface area contributed by atoms with Gasteiger partial charge in [-0.1, -0.05) is 13.8 Å². The van der Waals surface area contributed by atoms with Crippen molar-refractivity contribution in [3.63, 3.8) is 0 Å². The molecule has 1 heterocycles. The monoisotopic (exact) mass is 277 g/mol. The third-order valence-electron chi connectivity index (χ3n) is 4.24. The van der Waals surface area contributed by atoms with E-state index in [0.717, 1.165) is 36.9 Å². The molecular formula is C17H27NO2. The van der Waals surface area contributed by atoms with Gasteiger partial charge in [-0.15, -0.1) is 0 Å². The first-order valence-electron chi connectivity index (χ1n) is 7.61. The van der Waals surface area contributed by atoms with E-state index in [1.54, 1.807) is 14.2 Å². The molecule has 1 aromatic carbocycles. The van der Waals surface area contributed by atoms with Crippen LogP contribution in [0.25, 0.3) is 0 Å². The number of rotatable bonds is 5. The molecule has 112 valence electrons. The summed E-state index contributed by atoms with van der Waals surface area (Å²) in [5.74, 6) is 3.18. The molecule has 0 radical (unpaired) electrons. The van der Waals surface area contributed by atoms with Crippen molar-refractivity contribution in [1.82, 2.24) is 5.32 Å². The highest BCUT2D eigenvalue weighted by Gasteiger charge is 2.22. The van der Waals surface area contributed by atoms with Crippen molar-refractivity contribution < 1.29 is 9.47 Å². The van der Waals surface area contributed by atoms with E-state index in [9.17, 15) is 0 Å². The average Bonchev–Trinajstić information content (AvgIpc) is 2.47. The van der Waals surface area contributed by atoms with Gasteiger partial charge in [0.05, 0.1) is 14.2 Å². The fraction of sp³-hybridized carbons (Fsp3) is 0.647. The molecule has 0 unspecified atom stereocenters. The predicted octanol–water partition coefficient (Wildman–Crippen LogP) is 3.37. The van der Waals surface area contributed by atoms with Gasteiger partial charge in [0.2, 0.25) is 0 Å². The molecule has 0 spiro atoms. The number of hydrogen-bond acceptors (Lipinski definition) is 3. The number of benzene rings is 1. The van der Waals surface area contributed by atoms with Crippen LogP contribution in [0.5, 0.6) is 11.5 Å². The number of hydrogen-bond donors (Lipinski definition) is 1. The van der Waals surface area contributed by atoms with Crippen LogP contribution in [-0.2, 0) is 6.42 Å². The van der Waals surface area contributed by atoms with Crippen molar-refractivity contribution >= 4 is 0 Å². The van der Waals surface area contributed by atoms with Gasteiger partial charge in [0.25, 0.3) is 0 Å². The second-order valence-electron chi connectivity index (χ2n) is 5.91. The Kier molecular flexibility index (Phi) is 5.30. The molecule has 1 fully saturated rings. The molecule has 1 saturated heterocycles. The van der Waals surface area contributed by atoms with Gasteiger partial charge >= 0.3 is 0 Å². The zero-order valence-electron chi connectivity index (χ0n) is 13.2. The molecule has 0 atom stereocenters. The molecular weight excluding hydrogens is 250 g/mol. The number of ether oxygens (including phenoxy) is 2. The zero-order valence-corrected chi connectivity index (χ0v) is 13.2. The molecule has 0 saturated carbocycles. The van der Waals surface area contributed by atoms with E-state index in [-0.39, 0.29) is 0 Å². The lowest BCUT2D eigenvalue weighted by Gasteiger charge is -2.26. The third-order valence-corrected chi connectivity index (χ3v) is 4.24. The first-order chi connectivity index (χ1) is 9.67. The lowest BCUT2D eigenvalue weighted by molar-refractivity contribution is 0.355. The van der Waals surface area contributed by atoms with Crippen molar-refractivity contribution in [3.8, 4) is 11.5 Å². The molecule has 1 aromatic rings. The minimum absolute atomic E-state index is 0.441. The lowest BCUT2D eigenvalue weighted by Crippen LogP contribution is -2.29. The first-order valence-corrected chi connectivity index (χ1v) is 7.61. The Hall–Kier alpha value is -1.22. The highest BCUT2D eigenvalue weighted by atomic mass is 16.5. The number of nitrogens with one attached hydrogen (secondary N) is 1. The minimum Gasteiger partial charge on any atom is -0.496 e. The standard InChI is InChI=1S/C17H27NO2/c1-12(2)17-14(11-13-7-9-18-10-8-13)15(19-3)5-6-16(17)20-4/h5-6,12-13,18H,7-11H2,1-4H3. The molecule has 2 rings (SSSR count). The second kappa shape index (κ2) is 6.98. The molecule has 0 aliphatic carbocycles. The fourth-order valence-corrected chi connectivity index (χ4v) is 3.21. The van der Waals surface area contributed by atoms with Crippen LogP contribution < -0.4 is 14.8 Å². The van der Waals surface area contributed by atoms with Crippen LogP contribution in [0, 0.1) is 5.92 Å². The molecule has 1 aliphatic rings. The molecule has 3 nitrogen and oxygen atoms in total. The van der Waals surface area contributed by atoms with E-state index < -0.39 is 0 Å². The minimum atomic E-state index is 0.441. The van der Waals surface area contributed by atoms with Gasteiger partial charge in [-0.2, -0.15) is 0 Å². The van der Waals surface area contributed by atoms with Crippen LogP contribution in [0.4, 0.5) is 0 Å². The van der Waals surface area contributed by atoms with Crippen molar-refractivity contribution in [3.05, 3.63) is 23.3 Å². The molecule has 0 bridgehead atoms. The highest BCUT2D eigenvalue weighted by molar-refractivity contribution is 5.50. The van der Waals surface area contributed by atoms with Crippen molar-refractivity contribution in [2.75, 3.05) is 27.3 Å². The van der Waals surface area contributed by atoms with E-state index in [2.05, 4.69) is 19.2 Å². The molecule has 1 aliphatic heterocycles. The third kappa shape index (κ3) is 3.26. The maximum atomic E-state index is 5.61. The summed E-state index contributed by atoms with van der Waals surface area (Å²) in [6, 6.07) is 4.07. The van der Waals surface area contributed by atoms with Gasteiger partial charge in [0, 0.05) is 11.1 Å². The molecule has 0 amide bonds. The van der Waals surface area contributed by atoms with Crippen molar-refractivity contribution in [2.24, 2.45) is 5.92 Å². The fourth-order valence-electron chi connectivity index (χ4n) is 3.21. The van der Waals surface area contributed by atoms with E-state index in [4.69, 9.17) is 9.47 Å². The van der Waals surface area contributed by atoms with E-state index in [1.807, 2.05) is 12.1 Å². The Balaban J connectivity index is 2.35. The quantitative estimate of drug-likeness (QED) is 0.895. The first kappa shape index (κ1) is 15.2. The van der Waals surface area contributed by atoms with Crippen LogP contribution in [0.2, 0.25) is 0 Å². The van der Waals surface area contributed by atoms with E-state index in [1.165, 1.54) is 24.0 Å². The smallest absolute Gasteiger partial charge is 0.122 e. The highest BCUT2D eigenvalue weighted by Crippen LogP contribution is 2.38. The van der Waals surface area contributed by atoms with Crippen LogP contribution in [0.15, 0.2) is 12.1 Å². The van der Waals surface area contributed by atoms with Gasteiger partial charge in [0.1, 0.15) is 11.5 Å². The Morgan fingerprint density at radius 3 is 2.25 bits per heavy atom. The normalized spacial score (nSPS) is 16.4. The van der Waals surface area contributed by atoms with Gasteiger partial charge in [-0.25, -0.2) is 0 Å². The van der Waals surface area contributed by atoms with Crippen molar-refractivity contribution in [1.29, 1.82) is 0 Å². The van der Waals surface area contributed by atoms with Gasteiger partial charge in [-0.05, 0) is 56.3 Å². The molecule has 3 heteroatoms. The zero-order chi connectivity index (χ0) is 14.5. The maximum absolute atomic E-state index is 5.61. The SMILES string of the molecule is COc1ccc(OC)c(C(C)C)c1CC1CCNCC1. The molecule has 20 heavy (non-hydrogen) atoms. The topological polar surface area (TPSA) is 30.5 Å². The summed E-state index contributed by atoms with van der Waals surface area (Å²) in [7, 11) is 3.51. The summed E-state index contributed by atoms with van der Waals surface area (Å²) in [5, 5.41) is 3.43. The second-order valence-corrected chi connectivity index (χ2v) is 5.91. The summed E-state index contributed by atoms with van der Waals surface area (Å²) >= 11 is 0. The summed E-state index contributed by atoms with van der Waals surface area (Å²) in [6.07, 6.45) is 3.59. The maximum Gasteiger partial charge on any atom is 0.122 e. The molecule has 1 N–H and O–H groups in total. The van der Waals surface area contributed by atoms with E-state index in [0.29, 0.717) is 5.92 Å². The summed E-state index contributed by atoms with van der Waals surface area (Å²) in [5.41, 5.74) is 2.65. The summed E-state index contributed by atoms with van der Waals surface area (Å²) < 4.78 is 11.2. The Labute approximate surface area is 122 Å². The van der Waals surface area contributed by atoms with Crippen molar-refractivity contribution in [2.45, 2.75) is 39.0 Å². The largest absolute Gasteiger partial charge is 0.496 e. The number of piperidine rings is 1. The van der Waals surface area contributed by atoms with Crippen LogP contribution in [0.3, 0.4) is 0 Å². The average molecular weight is 277 g/mol.